The Hall–Kier alpha value is -3.84. The van der Waals surface area contributed by atoms with Crippen molar-refractivity contribution in [2.24, 2.45) is 0 Å². The van der Waals surface area contributed by atoms with E-state index in [1.807, 2.05) is 54.6 Å². The van der Waals surface area contributed by atoms with Crippen LogP contribution in [-0.4, -0.2) is 17.1 Å². The van der Waals surface area contributed by atoms with Crippen LogP contribution in [0.4, 0.5) is 0 Å². The van der Waals surface area contributed by atoms with E-state index in [2.05, 4.69) is 40.3 Å². The van der Waals surface area contributed by atoms with Crippen LogP contribution in [0, 0.1) is 11.3 Å². The smallest absolute Gasteiger partial charge is 0.149 e. The summed E-state index contributed by atoms with van der Waals surface area (Å²) in [5, 5.41) is 9.60. The summed E-state index contributed by atoms with van der Waals surface area (Å²) in [6.45, 7) is 0. The van der Waals surface area contributed by atoms with Crippen LogP contribution in [0.5, 0.6) is 5.75 Å². The number of nitriles is 1. The molecule has 130 valence electrons. The zero-order valence-corrected chi connectivity index (χ0v) is 14.8. The van der Waals surface area contributed by atoms with Gasteiger partial charge in [-0.15, -0.1) is 0 Å². The molecule has 0 bridgehead atoms. The van der Waals surface area contributed by atoms with Gasteiger partial charge >= 0.3 is 0 Å². The van der Waals surface area contributed by atoms with Gasteiger partial charge in [0.25, 0.3) is 0 Å². The Morgan fingerprint density at radius 2 is 1.74 bits per heavy atom. The average Bonchev–Trinajstić information content (AvgIpc) is 3.16. The zero-order valence-electron chi connectivity index (χ0n) is 14.8. The highest BCUT2D eigenvalue weighted by Gasteiger charge is 2.09. The number of hydrogen-bond acceptors (Lipinski definition) is 3. The molecule has 0 saturated carbocycles. The third-order valence-corrected chi connectivity index (χ3v) is 4.39. The van der Waals surface area contributed by atoms with Crippen LogP contribution >= 0.6 is 0 Å². The number of H-pyrrole nitrogens is 1. The van der Waals surface area contributed by atoms with Crippen molar-refractivity contribution in [1.29, 1.82) is 5.26 Å². The quantitative estimate of drug-likeness (QED) is 0.507. The molecular formula is C23H17N3O. The van der Waals surface area contributed by atoms with Gasteiger partial charge in [0.2, 0.25) is 0 Å². The second-order valence-corrected chi connectivity index (χ2v) is 6.13. The van der Waals surface area contributed by atoms with Gasteiger partial charge in [0, 0.05) is 6.07 Å². The first-order valence-corrected chi connectivity index (χ1v) is 8.58. The van der Waals surface area contributed by atoms with Crippen molar-refractivity contribution in [2.75, 3.05) is 7.11 Å². The second kappa shape index (κ2) is 7.19. The molecule has 0 fully saturated rings. The number of imidazole rings is 1. The fraction of sp³-hybridized carbons (Fsp3) is 0.0435. The van der Waals surface area contributed by atoms with Crippen molar-refractivity contribution < 1.29 is 4.74 Å². The fourth-order valence-electron chi connectivity index (χ4n) is 2.97. The van der Waals surface area contributed by atoms with E-state index in [-0.39, 0.29) is 0 Å². The van der Waals surface area contributed by atoms with Crippen molar-refractivity contribution >= 4 is 22.7 Å². The summed E-state index contributed by atoms with van der Waals surface area (Å²) in [5.41, 5.74) is 5.38. The van der Waals surface area contributed by atoms with Gasteiger partial charge in [0.05, 0.1) is 23.7 Å². The van der Waals surface area contributed by atoms with Crippen LogP contribution < -0.4 is 4.74 Å². The van der Waals surface area contributed by atoms with E-state index in [0.717, 1.165) is 27.9 Å². The minimum Gasteiger partial charge on any atom is -0.497 e. The van der Waals surface area contributed by atoms with E-state index in [1.54, 1.807) is 7.11 Å². The molecule has 0 aliphatic carbocycles. The van der Waals surface area contributed by atoms with Crippen molar-refractivity contribution in [3.05, 3.63) is 84.2 Å². The number of methoxy groups -OCH3 is 1. The van der Waals surface area contributed by atoms with Crippen molar-refractivity contribution in [1.82, 2.24) is 9.97 Å². The molecule has 4 nitrogen and oxygen atoms in total. The van der Waals surface area contributed by atoms with Gasteiger partial charge in [-0.05, 0) is 34.9 Å². The maximum atomic E-state index is 9.60. The molecule has 1 heterocycles. The van der Waals surface area contributed by atoms with Gasteiger partial charge in [0.15, 0.2) is 0 Å². The van der Waals surface area contributed by atoms with Gasteiger partial charge in [-0.1, -0.05) is 54.6 Å². The Labute approximate surface area is 157 Å². The lowest BCUT2D eigenvalue weighted by atomic mass is 10.0. The maximum absolute atomic E-state index is 9.60. The molecule has 4 heteroatoms. The predicted octanol–water partition coefficient (Wildman–Crippen LogP) is 5.30. The molecule has 0 saturated heterocycles. The van der Waals surface area contributed by atoms with Crippen molar-refractivity contribution in [3.63, 3.8) is 0 Å². The highest BCUT2D eigenvalue weighted by molar-refractivity contribution is 5.90. The molecule has 0 aliphatic rings. The van der Waals surface area contributed by atoms with Crippen molar-refractivity contribution in [3.8, 4) is 22.9 Å². The molecule has 1 aromatic heterocycles. The molecule has 1 N–H and O–H groups in total. The monoisotopic (exact) mass is 351 g/mol. The summed E-state index contributed by atoms with van der Waals surface area (Å²) in [6.07, 6.45) is 1.84. The van der Waals surface area contributed by atoms with Crippen LogP contribution in [0.1, 0.15) is 11.4 Å². The molecule has 4 aromatic rings. The van der Waals surface area contributed by atoms with Crippen LogP contribution in [0.3, 0.4) is 0 Å². The molecule has 4 rings (SSSR count). The number of hydrogen-bond donors (Lipinski definition) is 1. The molecule has 0 aliphatic heterocycles. The summed E-state index contributed by atoms with van der Waals surface area (Å²) in [5.74, 6) is 1.30. The first-order chi connectivity index (χ1) is 13.3. The summed E-state index contributed by atoms with van der Waals surface area (Å²) >= 11 is 0. The van der Waals surface area contributed by atoms with E-state index in [0.29, 0.717) is 11.4 Å². The molecule has 27 heavy (non-hydrogen) atoms. The third-order valence-electron chi connectivity index (χ3n) is 4.39. The lowest BCUT2D eigenvalue weighted by Gasteiger charge is -2.02. The van der Waals surface area contributed by atoms with Crippen LogP contribution in [0.25, 0.3) is 33.8 Å². The minimum absolute atomic E-state index is 0.484. The third kappa shape index (κ3) is 3.44. The lowest BCUT2D eigenvalue weighted by molar-refractivity contribution is 0.415. The van der Waals surface area contributed by atoms with E-state index < -0.39 is 0 Å². The molecule has 0 spiro atoms. The molecule has 3 aromatic carbocycles. The standard InChI is InChI=1S/C23H17N3O/c1-27-20-11-12-21-22(14-20)26-23(25-21)19(15-24)13-16-7-9-18(10-8-16)17-5-3-2-4-6-17/h2-14H,1H3,(H,25,26)/b19-13-. The van der Waals surface area contributed by atoms with Crippen LogP contribution in [0.15, 0.2) is 72.8 Å². The number of ether oxygens (including phenoxy) is 1. The molecule has 0 amide bonds. The highest BCUT2D eigenvalue weighted by atomic mass is 16.5. The lowest BCUT2D eigenvalue weighted by Crippen LogP contribution is -1.85. The predicted molar refractivity (Wildman–Crippen MR) is 108 cm³/mol. The number of nitrogens with zero attached hydrogens (tertiary/aromatic N) is 2. The SMILES string of the molecule is COc1ccc2nc(/C(C#N)=C\c3ccc(-c4ccccc4)cc3)[nH]c2c1. The molecule has 0 radical (unpaired) electrons. The fourth-order valence-corrected chi connectivity index (χ4v) is 2.97. The van der Waals surface area contributed by atoms with E-state index in [4.69, 9.17) is 4.74 Å². The summed E-state index contributed by atoms with van der Waals surface area (Å²) < 4.78 is 5.23. The first-order valence-electron chi connectivity index (χ1n) is 8.58. The van der Waals surface area contributed by atoms with Gasteiger partial charge in [-0.25, -0.2) is 4.98 Å². The van der Waals surface area contributed by atoms with E-state index in [9.17, 15) is 5.26 Å². The maximum Gasteiger partial charge on any atom is 0.149 e. The zero-order chi connectivity index (χ0) is 18.6. The number of benzene rings is 3. The van der Waals surface area contributed by atoms with E-state index in [1.165, 1.54) is 5.56 Å². The Bertz CT molecular complexity index is 1150. The number of aromatic amines is 1. The van der Waals surface area contributed by atoms with Gasteiger partial charge in [-0.3, -0.25) is 0 Å². The number of nitrogens with one attached hydrogen (secondary N) is 1. The minimum atomic E-state index is 0.484. The summed E-state index contributed by atoms with van der Waals surface area (Å²) in [6, 6.07) is 26.2. The highest BCUT2D eigenvalue weighted by Crippen LogP contribution is 2.24. The van der Waals surface area contributed by atoms with Gasteiger partial charge in [0.1, 0.15) is 17.6 Å². The summed E-state index contributed by atoms with van der Waals surface area (Å²) in [4.78, 5) is 7.72. The Morgan fingerprint density at radius 3 is 2.44 bits per heavy atom. The van der Waals surface area contributed by atoms with Crippen LogP contribution in [0.2, 0.25) is 0 Å². The summed E-state index contributed by atoms with van der Waals surface area (Å²) in [7, 11) is 1.62. The number of rotatable bonds is 4. The average molecular weight is 351 g/mol. The largest absolute Gasteiger partial charge is 0.497 e. The first kappa shape index (κ1) is 16.6. The number of allylic oxidation sites excluding steroid dienone is 1. The van der Waals surface area contributed by atoms with Crippen molar-refractivity contribution in [2.45, 2.75) is 0 Å². The second-order valence-electron chi connectivity index (χ2n) is 6.13. The normalized spacial score (nSPS) is 11.3. The van der Waals surface area contributed by atoms with E-state index >= 15 is 0 Å². The van der Waals surface area contributed by atoms with Gasteiger partial charge < -0.3 is 9.72 Å². The Kier molecular flexibility index (Phi) is 4.42. The van der Waals surface area contributed by atoms with Crippen LogP contribution in [-0.2, 0) is 0 Å². The number of aromatic nitrogens is 2. The Balaban J connectivity index is 1.66. The molecule has 0 unspecified atom stereocenters. The van der Waals surface area contributed by atoms with Gasteiger partial charge in [-0.2, -0.15) is 5.26 Å². The molecule has 0 atom stereocenters. The topological polar surface area (TPSA) is 61.7 Å². The number of fused-ring (bicyclic) bond motifs is 1. The Morgan fingerprint density at radius 1 is 1.00 bits per heavy atom. The molecular weight excluding hydrogens is 334 g/mol.